The van der Waals surface area contributed by atoms with Gasteiger partial charge in [0, 0.05) is 22.9 Å². The third kappa shape index (κ3) is 2.82. The van der Waals surface area contributed by atoms with Gasteiger partial charge in [-0.1, -0.05) is 6.07 Å². The lowest BCUT2D eigenvalue weighted by atomic mass is 10.1. The summed E-state index contributed by atoms with van der Waals surface area (Å²) in [4.78, 5) is 9.39. The van der Waals surface area contributed by atoms with Crippen LogP contribution in [0.15, 0.2) is 46.7 Å². The van der Waals surface area contributed by atoms with Gasteiger partial charge in [0.15, 0.2) is 5.16 Å². The second-order valence-corrected chi connectivity index (χ2v) is 4.54. The molecule has 1 heterocycles. The first-order chi connectivity index (χ1) is 8.16. The smallest absolute Gasteiger partial charge is 0.192 e. The zero-order chi connectivity index (χ0) is 12.3. The standard InChI is InChI=1S/C12H12N4S/c1-8-7-9(11(13)14)3-4-10(8)17-12-15-5-2-6-16-12/h2-7H,1H3,(H3,13,14). The van der Waals surface area contributed by atoms with Crippen molar-refractivity contribution in [1.82, 2.24) is 9.97 Å². The number of rotatable bonds is 3. The van der Waals surface area contributed by atoms with E-state index in [1.807, 2.05) is 25.1 Å². The highest BCUT2D eigenvalue weighted by molar-refractivity contribution is 7.99. The van der Waals surface area contributed by atoms with Crippen LogP contribution in [0.4, 0.5) is 0 Å². The molecular weight excluding hydrogens is 232 g/mol. The lowest BCUT2D eigenvalue weighted by Crippen LogP contribution is -2.11. The molecule has 0 spiro atoms. The Hall–Kier alpha value is -1.88. The number of hydrogen-bond donors (Lipinski definition) is 2. The zero-order valence-electron chi connectivity index (χ0n) is 9.34. The number of aryl methyl sites for hydroxylation is 1. The number of nitrogen functional groups attached to an aromatic ring is 1. The van der Waals surface area contributed by atoms with Gasteiger partial charge in [-0.3, -0.25) is 5.41 Å². The highest BCUT2D eigenvalue weighted by Gasteiger charge is 2.05. The molecule has 17 heavy (non-hydrogen) atoms. The molecule has 0 saturated heterocycles. The van der Waals surface area contributed by atoms with Crippen LogP contribution >= 0.6 is 11.8 Å². The summed E-state index contributed by atoms with van der Waals surface area (Å²) in [5.74, 6) is 0.0839. The molecule has 0 aliphatic carbocycles. The monoisotopic (exact) mass is 244 g/mol. The second-order valence-electron chi connectivity index (χ2n) is 3.53. The molecule has 1 aromatic heterocycles. The molecule has 0 fully saturated rings. The van der Waals surface area contributed by atoms with Crippen LogP contribution in [0.5, 0.6) is 0 Å². The van der Waals surface area contributed by atoms with E-state index < -0.39 is 0 Å². The molecule has 4 nitrogen and oxygen atoms in total. The molecule has 2 aromatic rings. The lowest BCUT2D eigenvalue weighted by molar-refractivity contribution is 0.966. The zero-order valence-corrected chi connectivity index (χ0v) is 10.2. The maximum atomic E-state index is 7.37. The van der Waals surface area contributed by atoms with Crippen molar-refractivity contribution in [3.8, 4) is 0 Å². The second kappa shape index (κ2) is 4.97. The van der Waals surface area contributed by atoms with E-state index in [2.05, 4.69) is 9.97 Å². The van der Waals surface area contributed by atoms with Crippen molar-refractivity contribution >= 4 is 17.6 Å². The van der Waals surface area contributed by atoms with E-state index in [-0.39, 0.29) is 5.84 Å². The number of benzene rings is 1. The lowest BCUT2D eigenvalue weighted by Gasteiger charge is -2.06. The number of amidine groups is 1. The van der Waals surface area contributed by atoms with Gasteiger partial charge >= 0.3 is 0 Å². The molecule has 3 N–H and O–H groups in total. The Labute approximate surface area is 104 Å². The van der Waals surface area contributed by atoms with Gasteiger partial charge in [-0.05, 0) is 42.4 Å². The molecule has 0 unspecified atom stereocenters. The van der Waals surface area contributed by atoms with Gasteiger partial charge in [-0.15, -0.1) is 0 Å². The first-order valence-corrected chi connectivity index (χ1v) is 5.88. The molecule has 0 saturated carbocycles. The Morgan fingerprint density at radius 2 is 2.00 bits per heavy atom. The van der Waals surface area contributed by atoms with Crippen molar-refractivity contribution in [2.75, 3.05) is 0 Å². The fraction of sp³-hybridized carbons (Fsp3) is 0.0833. The van der Waals surface area contributed by atoms with Crippen molar-refractivity contribution in [3.05, 3.63) is 47.8 Å². The quantitative estimate of drug-likeness (QED) is 0.493. The molecular formula is C12H12N4S. The highest BCUT2D eigenvalue weighted by Crippen LogP contribution is 2.27. The normalized spacial score (nSPS) is 10.2. The van der Waals surface area contributed by atoms with Gasteiger partial charge in [0.25, 0.3) is 0 Å². The Bertz CT molecular complexity index is 539. The van der Waals surface area contributed by atoms with Gasteiger partial charge in [0.2, 0.25) is 0 Å². The summed E-state index contributed by atoms with van der Waals surface area (Å²) in [5.41, 5.74) is 7.24. The van der Waals surface area contributed by atoms with E-state index in [0.29, 0.717) is 5.16 Å². The van der Waals surface area contributed by atoms with Gasteiger partial charge in [0.1, 0.15) is 5.84 Å². The molecule has 0 amide bonds. The Kier molecular flexibility index (Phi) is 3.39. The molecule has 5 heteroatoms. The van der Waals surface area contributed by atoms with E-state index in [1.54, 1.807) is 18.5 Å². The maximum Gasteiger partial charge on any atom is 0.192 e. The van der Waals surface area contributed by atoms with E-state index in [9.17, 15) is 0 Å². The predicted octanol–water partition coefficient (Wildman–Crippen LogP) is 2.22. The SMILES string of the molecule is Cc1cc(C(=N)N)ccc1Sc1ncccn1. The average molecular weight is 244 g/mol. The fourth-order valence-electron chi connectivity index (χ4n) is 1.37. The van der Waals surface area contributed by atoms with Crippen LogP contribution in [0.25, 0.3) is 0 Å². The average Bonchev–Trinajstić information content (AvgIpc) is 2.33. The summed E-state index contributed by atoms with van der Waals surface area (Å²) in [6.45, 7) is 1.98. The molecule has 0 aliphatic rings. The molecule has 0 radical (unpaired) electrons. The first kappa shape index (κ1) is 11.6. The minimum absolute atomic E-state index is 0.0839. The summed E-state index contributed by atoms with van der Waals surface area (Å²) in [5, 5.41) is 8.08. The first-order valence-electron chi connectivity index (χ1n) is 5.07. The van der Waals surface area contributed by atoms with Crippen LogP contribution in [0, 0.1) is 12.3 Å². The van der Waals surface area contributed by atoms with Crippen molar-refractivity contribution < 1.29 is 0 Å². The van der Waals surface area contributed by atoms with Crippen LogP contribution < -0.4 is 5.73 Å². The molecule has 86 valence electrons. The van der Waals surface area contributed by atoms with Crippen molar-refractivity contribution in [3.63, 3.8) is 0 Å². The van der Waals surface area contributed by atoms with E-state index >= 15 is 0 Å². The van der Waals surface area contributed by atoms with Crippen LogP contribution in [-0.4, -0.2) is 15.8 Å². The van der Waals surface area contributed by atoms with Gasteiger partial charge < -0.3 is 5.73 Å². The van der Waals surface area contributed by atoms with E-state index in [4.69, 9.17) is 11.1 Å². The number of nitrogens with two attached hydrogens (primary N) is 1. The van der Waals surface area contributed by atoms with Crippen LogP contribution in [0.1, 0.15) is 11.1 Å². The summed E-state index contributed by atoms with van der Waals surface area (Å²) in [6, 6.07) is 7.46. The van der Waals surface area contributed by atoms with E-state index in [1.165, 1.54) is 11.8 Å². The minimum atomic E-state index is 0.0839. The van der Waals surface area contributed by atoms with E-state index in [0.717, 1.165) is 16.0 Å². The third-order valence-corrected chi connectivity index (χ3v) is 3.30. The number of aromatic nitrogens is 2. The third-order valence-electron chi connectivity index (χ3n) is 2.23. The summed E-state index contributed by atoms with van der Waals surface area (Å²) in [6.07, 6.45) is 3.43. The largest absolute Gasteiger partial charge is 0.384 e. The molecule has 2 rings (SSSR count). The van der Waals surface area contributed by atoms with Gasteiger partial charge in [-0.2, -0.15) is 0 Å². The maximum absolute atomic E-state index is 7.37. The minimum Gasteiger partial charge on any atom is -0.384 e. The molecule has 0 aliphatic heterocycles. The molecule has 0 atom stereocenters. The Morgan fingerprint density at radius 1 is 1.29 bits per heavy atom. The molecule has 1 aromatic carbocycles. The van der Waals surface area contributed by atoms with Crippen molar-refractivity contribution in [2.45, 2.75) is 17.0 Å². The van der Waals surface area contributed by atoms with Gasteiger partial charge in [-0.25, -0.2) is 9.97 Å². The van der Waals surface area contributed by atoms with Crippen LogP contribution in [-0.2, 0) is 0 Å². The summed E-state index contributed by atoms with van der Waals surface area (Å²) >= 11 is 1.50. The predicted molar refractivity (Wildman–Crippen MR) is 68.4 cm³/mol. The number of nitrogens with one attached hydrogen (secondary N) is 1. The number of nitrogens with zero attached hydrogens (tertiary/aromatic N) is 2. The topological polar surface area (TPSA) is 75.7 Å². The van der Waals surface area contributed by atoms with Gasteiger partial charge in [0.05, 0.1) is 0 Å². The summed E-state index contributed by atoms with van der Waals surface area (Å²) in [7, 11) is 0. The summed E-state index contributed by atoms with van der Waals surface area (Å²) < 4.78 is 0. The van der Waals surface area contributed by atoms with Crippen molar-refractivity contribution in [1.29, 1.82) is 5.41 Å². The number of hydrogen-bond acceptors (Lipinski definition) is 4. The molecule has 0 bridgehead atoms. The van der Waals surface area contributed by atoms with Crippen LogP contribution in [0.2, 0.25) is 0 Å². The van der Waals surface area contributed by atoms with Crippen LogP contribution in [0.3, 0.4) is 0 Å². The fourth-order valence-corrected chi connectivity index (χ4v) is 2.15. The highest BCUT2D eigenvalue weighted by atomic mass is 32.2. The Morgan fingerprint density at radius 3 is 2.59 bits per heavy atom. The van der Waals surface area contributed by atoms with Crippen molar-refractivity contribution in [2.24, 2.45) is 5.73 Å². The Balaban J connectivity index is 2.26.